The summed E-state index contributed by atoms with van der Waals surface area (Å²) in [4.78, 5) is 15.6. The molecule has 0 radical (unpaired) electrons. The second-order valence-corrected chi connectivity index (χ2v) is 5.90. The van der Waals surface area contributed by atoms with E-state index in [1.54, 1.807) is 19.1 Å². The molecule has 4 nitrogen and oxygen atoms in total. The first kappa shape index (κ1) is 17.0. The van der Waals surface area contributed by atoms with Gasteiger partial charge in [0.15, 0.2) is 5.58 Å². The van der Waals surface area contributed by atoms with E-state index in [4.69, 9.17) is 4.42 Å². The number of fused-ring (bicyclic) bond motifs is 1. The van der Waals surface area contributed by atoms with Crippen molar-refractivity contribution in [2.24, 2.45) is 0 Å². The predicted octanol–water partition coefficient (Wildman–Crippen LogP) is 4.92. The quantitative estimate of drug-likeness (QED) is 0.715. The van der Waals surface area contributed by atoms with Gasteiger partial charge >= 0.3 is 12.1 Å². The van der Waals surface area contributed by atoms with Crippen molar-refractivity contribution in [1.82, 2.24) is 4.98 Å². The zero-order chi connectivity index (χ0) is 18.4. The number of oxazole rings is 1. The topological polar surface area (TPSA) is 55.1 Å². The second-order valence-electron chi connectivity index (χ2n) is 5.90. The minimum Gasteiger partial charge on any atom is -0.436 e. The number of amides is 1. The molecule has 25 heavy (non-hydrogen) atoms. The summed E-state index contributed by atoms with van der Waals surface area (Å²) in [5, 5.41) is 1.88. The summed E-state index contributed by atoms with van der Waals surface area (Å²) in [6.45, 7) is 5.52. The number of carbonyl (C=O) groups excluding carboxylic acids is 1. The first-order valence-corrected chi connectivity index (χ1v) is 7.52. The monoisotopic (exact) mass is 348 g/mol. The fourth-order valence-electron chi connectivity index (χ4n) is 2.39. The predicted molar refractivity (Wildman–Crippen MR) is 88.3 cm³/mol. The molecule has 0 atom stereocenters. The fourth-order valence-corrected chi connectivity index (χ4v) is 2.39. The van der Waals surface area contributed by atoms with E-state index in [1.165, 1.54) is 6.07 Å². The molecule has 1 heterocycles. The Morgan fingerprint density at radius 3 is 2.40 bits per heavy atom. The van der Waals surface area contributed by atoms with E-state index < -0.39 is 12.1 Å². The summed E-state index contributed by atoms with van der Waals surface area (Å²) in [5.74, 6) is -1.74. The highest BCUT2D eigenvalue weighted by Crippen LogP contribution is 2.30. The molecule has 2 aromatic carbocycles. The summed E-state index contributed by atoms with van der Waals surface area (Å²) in [5.41, 5.74) is 4.43. The molecule has 0 unspecified atom stereocenters. The number of carbonyl (C=O) groups is 1. The largest absolute Gasteiger partial charge is 0.471 e. The van der Waals surface area contributed by atoms with Crippen LogP contribution in [0.3, 0.4) is 0 Å². The maximum Gasteiger partial charge on any atom is 0.471 e. The average molecular weight is 348 g/mol. The number of benzene rings is 2. The number of nitrogens with zero attached hydrogens (tertiary/aromatic N) is 1. The van der Waals surface area contributed by atoms with Gasteiger partial charge < -0.3 is 9.73 Å². The van der Waals surface area contributed by atoms with Gasteiger partial charge in [-0.25, -0.2) is 4.98 Å². The lowest BCUT2D eigenvalue weighted by atomic mass is 10.1. The molecule has 0 bridgehead atoms. The number of aryl methyl sites for hydroxylation is 3. The third-order valence-corrected chi connectivity index (χ3v) is 3.99. The third kappa shape index (κ3) is 3.35. The van der Waals surface area contributed by atoms with Crippen molar-refractivity contribution in [3.8, 4) is 11.5 Å². The molecule has 3 aromatic rings. The van der Waals surface area contributed by atoms with Crippen LogP contribution in [0.25, 0.3) is 22.6 Å². The average Bonchev–Trinajstić information content (AvgIpc) is 2.91. The van der Waals surface area contributed by atoms with Gasteiger partial charge in [0.25, 0.3) is 0 Å². The van der Waals surface area contributed by atoms with Crippen LogP contribution in [0.5, 0.6) is 0 Å². The Balaban J connectivity index is 2.01. The minimum absolute atomic E-state index is 0.0643. The number of hydrogen-bond acceptors (Lipinski definition) is 3. The Morgan fingerprint density at radius 2 is 1.72 bits per heavy atom. The van der Waals surface area contributed by atoms with E-state index in [1.807, 2.05) is 31.3 Å². The normalized spacial score (nSPS) is 11.8. The Morgan fingerprint density at radius 1 is 1.04 bits per heavy atom. The van der Waals surface area contributed by atoms with Crippen LogP contribution in [0.4, 0.5) is 18.9 Å². The van der Waals surface area contributed by atoms with Gasteiger partial charge in [-0.15, -0.1) is 0 Å². The van der Waals surface area contributed by atoms with Crippen molar-refractivity contribution in [1.29, 1.82) is 0 Å². The lowest BCUT2D eigenvalue weighted by Crippen LogP contribution is -2.30. The molecule has 0 spiro atoms. The molecule has 0 saturated heterocycles. The van der Waals surface area contributed by atoms with Crippen molar-refractivity contribution < 1.29 is 22.4 Å². The van der Waals surface area contributed by atoms with Gasteiger partial charge in [-0.2, -0.15) is 13.2 Å². The van der Waals surface area contributed by atoms with Crippen LogP contribution in [0, 0.1) is 20.8 Å². The highest BCUT2D eigenvalue weighted by molar-refractivity contribution is 5.96. The molecular formula is C18H15F3N2O2. The fraction of sp³-hybridized carbons (Fsp3) is 0.222. The first-order chi connectivity index (χ1) is 11.6. The molecular weight excluding hydrogens is 333 g/mol. The minimum atomic E-state index is -4.95. The third-order valence-electron chi connectivity index (χ3n) is 3.99. The number of hydrogen-bond donors (Lipinski definition) is 1. The molecule has 0 saturated carbocycles. The first-order valence-electron chi connectivity index (χ1n) is 7.52. The van der Waals surface area contributed by atoms with E-state index >= 15 is 0 Å². The van der Waals surface area contributed by atoms with Crippen LogP contribution in [0.1, 0.15) is 16.7 Å². The van der Waals surface area contributed by atoms with Gasteiger partial charge in [0.05, 0.1) is 0 Å². The van der Waals surface area contributed by atoms with Crippen molar-refractivity contribution in [3.05, 3.63) is 47.0 Å². The molecule has 1 amide bonds. The van der Waals surface area contributed by atoms with Crippen molar-refractivity contribution in [2.75, 3.05) is 5.32 Å². The standard InChI is InChI=1S/C18H15F3N2O2/c1-9-4-5-12(8-13(9)23-17(24)18(19,20)21)16-22-14-6-10(2)11(3)7-15(14)25-16/h4-8H,1-3H3,(H,23,24). The van der Waals surface area contributed by atoms with E-state index in [-0.39, 0.29) is 11.6 Å². The molecule has 3 rings (SSSR count). The van der Waals surface area contributed by atoms with Gasteiger partial charge in [0, 0.05) is 11.3 Å². The van der Waals surface area contributed by atoms with Gasteiger partial charge in [0.2, 0.25) is 5.89 Å². The summed E-state index contributed by atoms with van der Waals surface area (Å²) < 4.78 is 43.1. The lowest BCUT2D eigenvalue weighted by Gasteiger charge is -2.11. The van der Waals surface area contributed by atoms with Crippen molar-refractivity contribution in [3.63, 3.8) is 0 Å². The SMILES string of the molecule is Cc1cc2nc(-c3ccc(C)c(NC(=O)C(F)(F)F)c3)oc2cc1C. The van der Waals surface area contributed by atoms with Gasteiger partial charge in [0.1, 0.15) is 5.52 Å². The Bertz CT molecular complexity index is 935. The second kappa shape index (κ2) is 5.91. The van der Waals surface area contributed by atoms with Crippen LogP contribution < -0.4 is 5.32 Å². The van der Waals surface area contributed by atoms with E-state index in [9.17, 15) is 18.0 Å². The Kier molecular flexibility index (Phi) is 4.02. The lowest BCUT2D eigenvalue weighted by molar-refractivity contribution is -0.167. The van der Waals surface area contributed by atoms with Crippen molar-refractivity contribution >= 4 is 22.7 Å². The van der Waals surface area contributed by atoms with Crippen LogP contribution in [0.15, 0.2) is 34.7 Å². The number of alkyl halides is 3. The Hall–Kier alpha value is -2.83. The molecule has 0 aliphatic heterocycles. The smallest absolute Gasteiger partial charge is 0.436 e. The maximum atomic E-state index is 12.5. The highest BCUT2D eigenvalue weighted by atomic mass is 19.4. The molecule has 0 aliphatic rings. The zero-order valence-electron chi connectivity index (χ0n) is 13.8. The Labute approximate surface area is 141 Å². The summed E-state index contributed by atoms with van der Waals surface area (Å²) in [6.07, 6.45) is -4.95. The maximum absolute atomic E-state index is 12.5. The summed E-state index contributed by atoms with van der Waals surface area (Å²) >= 11 is 0. The number of rotatable bonds is 2. The van der Waals surface area contributed by atoms with E-state index in [0.29, 0.717) is 22.2 Å². The van der Waals surface area contributed by atoms with Crippen molar-refractivity contribution in [2.45, 2.75) is 26.9 Å². The van der Waals surface area contributed by atoms with Gasteiger partial charge in [-0.3, -0.25) is 4.79 Å². The highest BCUT2D eigenvalue weighted by Gasteiger charge is 2.38. The van der Waals surface area contributed by atoms with E-state index in [2.05, 4.69) is 4.98 Å². The molecule has 0 aliphatic carbocycles. The number of halogens is 3. The number of aromatic nitrogens is 1. The van der Waals surface area contributed by atoms with Gasteiger partial charge in [-0.05, 0) is 61.7 Å². The number of anilines is 1. The number of nitrogens with one attached hydrogen (secondary N) is 1. The molecule has 1 aromatic heterocycles. The summed E-state index contributed by atoms with van der Waals surface area (Å²) in [7, 11) is 0. The van der Waals surface area contributed by atoms with Gasteiger partial charge in [-0.1, -0.05) is 6.07 Å². The van der Waals surface area contributed by atoms with Crippen LogP contribution in [0.2, 0.25) is 0 Å². The van der Waals surface area contributed by atoms with Crippen LogP contribution in [-0.2, 0) is 4.79 Å². The summed E-state index contributed by atoms with van der Waals surface area (Å²) in [6, 6.07) is 8.46. The van der Waals surface area contributed by atoms with Crippen LogP contribution >= 0.6 is 0 Å². The van der Waals surface area contributed by atoms with Crippen LogP contribution in [-0.4, -0.2) is 17.1 Å². The molecule has 130 valence electrons. The molecule has 0 fully saturated rings. The molecule has 7 heteroatoms. The molecule has 1 N–H and O–H groups in total. The van der Waals surface area contributed by atoms with E-state index in [0.717, 1.165) is 11.1 Å². The zero-order valence-corrected chi connectivity index (χ0v) is 13.8.